The normalized spacial score (nSPS) is 10.2. The van der Waals surface area contributed by atoms with E-state index in [4.69, 9.17) is 0 Å². The summed E-state index contributed by atoms with van der Waals surface area (Å²) in [4.78, 5) is 26.9. The number of hydrogen-bond donors (Lipinski definition) is 3. The maximum Gasteiger partial charge on any atom is 0.336 e. The van der Waals surface area contributed by atoms with E-state index < -0.39 is 5.97 Å². The molecule has 20 heavy (non-hydrogen) atoms. The van der Waals surface area contributed by atoms with Crippen LogP contribution in [-0.2, 0) is 4.79 Å². The molecule has 3 N–H and O–H groups in total. The number of nitrogens with one attached hydrogen (secondary N) is 2. The van der Waals surface area contributed by atoms with Crippen molar-refractivity contribution in [3.8, 4) is 0 Å². The van der Waals surface area contributed by atoms with Crippen molar-refractivity contribution < 1.29 is 14.7 Å². The highest BCUT2D eigenvalue weighted by Gasteiger charge is 2.11. The lowest BCUT2D eigenvalue weighted by molar-refractivity contribution is -0.119. The molecule has 1 heterocycles. The summed E-state index contributed by atoms with van der Waals surface area (Å²) in [6.07, 6.45) is 0. The van der Waals surface area contributed by atoms with Gasteiger partial charge in [0.25, 0.3) is 0 Å². The van der Waals surface area contributed by atoms with Gasteiger partial charge in [-0.2, -0.15) is 0 Å². The molecule has 1 amide bonds. The second-order valence-electron chi connectivity index (χ2n) is 4.18. The molecule has 0 saturated carbocycles. The van der Waals surface area contributed by atoms with Crippen LogP contribution in [0.3, 0.4) is 0 Å². The van der Waals surface area contributed by atoms with Gasteiger partial charge in [-0.3, -0.25) is 4.79 Å². The topological polar surface area (TPSA) is 91.3 Å². The summed E-state index contributed by atoms with van der Waals surface area (Å²) in [5.41, 5.74) is 0.736. The van der Waals surface area contributed by atoms with E-state index in [1.165, 1.54) is 6.07 Å². The van der Waals surface area contributed by atoms with Crippen LogP contribution < -0.4 is 10.6 Å². The van der Waals surface area contributed by atoms with Gasteiger partial charge >= 0.3 is 5.97 Å². The number of anilines is 1. The molecule has 1 aromatic heterocycles. The molecule has 0 aliphatic heterocycles. The first-order valence-electron chi connectivity index (χ1n) is 6.25. The molecule has 2 aromatic rings. The van der Waals surface area contributed by atoms with Gasteiger partial charge in [0, 0.05) is 11.9 Å². The predicted octanol–water partition coefficient (Wildman–Crippen LogP) is 1.48. The molecule has 1 aromatic carbocycles. The van der Waals surface area contributed by atoms with Crippen LogP contribution >= 0.6 is 0 Å². The van der Waals surface area contributed by atoms with Gasteiger partial charge < -0.3 is 15.7 Å². The number of para-hydroxylation sites is 1. The zero-order chi connectivity index (χ0) is 14.5. The Kier molecular flexibility index (Phi) is 4.14. The number of amides is 1. The fourth-order valence-corrected chi connectivity index (χ4v) is 1.87. The second kappa shape index (κ2) is 6.01. The van der Waals surface area contributed by atoms with Crippen molar-refractivity contribution in [2.45, 2.75) is 6.92 Å². The molecule has 0 aliphatic rings. The molecule has 0 aliphatic carbocycles. The fourth-order valence-electron chi connectivity index (χ4n) is 1.87. The first-order chi connectivity index (χ1) is 9.61. The molecular formula is C14H15N3O3. The van der Waals surface area contributed by atoms with Crippen molar-refractivity contribution in [2.75, 3.05) is 18.4 Å². The Morgan fingerprint density at radius 2 is 2.05 bits per heavy atom. The molecule has 6 nitrogen and oxygen atoms in total. The van der Waals surface area contributed by atoms with E-state index >= 15 is 0 Å². The zero-order valence-electron chi connectivity index (χ0n) is 11.0. The summed E-state index contributed by atoms with van der Waals surface area (Å²) < 4.78 is 0. The largest absolute Gasteiger partial charge is 0.478 e. The Morgan fingerprint density at radius 3 is 2.75 bits per heavy atom. The molecule has 6 heteroatoms. The minimum atomic E-state index is -1.02. The van der Waals surface area contributed by atoms with Gasteiger partial charge in [0.2, 0.25) is 5.91 Å². The highest BCUT2D eigenvalue weighted by molar-refractivity contribution is 6.03. The highest BCUT2D eigenvalue weighted by atomic mass is 16.4. The van der Waals surface area contributed by atoms with Gasteiger partial charge in [0.05, 0.1) is 17.6 Å². The minimum Gasteiger partial charge on any atom is -0.478 e. The van der Waals surface area contributed by atoms with Crippen LogP contribution in [0.15, 0.2) is 30.3 Å². The van der Waals surface area contributed by atoms with Crippen molar-refractivity contribution in [1.82, 2.24) is 10.3 Å². The summed E-state index contributed by atoms with van der Waals surface area (Å²) in [5, 5.41) is 15.3. The van der Waals surface area contributed by atoms with Crippen LogP contribution in [0.2, 0.25) is 0 Å². The number of pyridine rings is 1. The lowest BCUT2D eigenvalue weighted by Crippen LogP contribution is -2.29. The van der Waals surface area contributed by atoms with Crippen LogP contribution in [0.4, 0.5) is 5.82 Å². The van der Waals surface area contributed by atoms with Crippen molar-refractivity contribution in [3.05, 3.63) is 35.9 Å². The Morgan fingerprint density at radius 1 is 1.30 bits per heavy atom. The number of carbonyl (C=O) groups is 2. The highest BCUT2D eigenvalue weighted by Crippen LogP contribution is 2.20. The molecule has 2 rings (SSSR count). The molecule has 0 unspecified atom stereocenters. The molecule has 104 valence electrons. The first kappa shape index (κ1) is 13.8. The molecule has 0 fully saturated rings. The van der Waals surface area contributed by atoms with Gasteiger partial charge in [0.15, 0.2) is 0 Å². The maximum atomic E-state index is 11.4. The lowest BCUT2D eigenvalue weighted by Gasteiger charge is -2.09. The molecular weight excluding hydrogens is 258 g/mol. The third-order valence-electron chi connectivity index (χ3n) is 2.75. The van der Waals surface area contributed by atoms with E-state index in [0.717, 1.165) is 0 Å². The van der Waals surface area contributed by atoms with Crippen LogP contribution in [0, 0.1) is 0 Å². The molecule has 0 radical (unpaired) electrons. The number of carboxylic acid groups (broad SMARTS) is 1. The maximum absolute atomic E-state index is 11.4. The zero-order valence-corrected chi connectivity index (χ0v) is 11.0. The van der Waals surface area contributed by atoms with Crippen LogP contribution in [0.1, 0.15) is 17.3 Å². The van der Waals surface area contributed by atoms with E-state index in [9.17, 15) is 14.7 Å². The van der Waals surface area contributed by atoms with Crippen molar-refractivity contribution in [1.29, 1.82) is 0 Å². The molecule has 0 atom stereocenters. The standard InChI is InChI=1S/C14H15N3O3/c1-2-15-13(18)8-16-12-7-10(14(19)20)9-5-3-4-6-11(9)17-12/h3-7H,2,8H2,1H3,(H,15,18)(H,16,17)(H,19,20). The van der Waals surface area contributed by atoms with Gasteiger partial charge in [-0.15, -0.1) is 0 Å². The number of benzene rings is 1. The van der Waals surface area contributed by atoms with E-state index in [-0.39, 0.29) is 18.0 Å². The van der Waals surface area contributed by atoms with Gasteiger partial charge in [0.1, 0.15) is 5.82 Å². The number of carboxylic acids is 1. The average molecular weight is 273 g/mol. The molecule has 0 bridgehead atoms. The Labute approximate surface area is 115 Å². The van der Waals surface area contributed by atoms with E-state index in [2.05, 4.69) is 15.6 Å². The number of fused-ring (bicyclic) bond motifs is 1. The van der Waals surface area contributed by atoms with E-state index in [0.29, 0.717) is 23.3 Å². The lowest BCUT2D eigenvalue weighted by atomic mass is 10.1. The summed E-state index contributed by atoms with van der Waals surface area (Å²) in [6.45, 7) is 2.43. The van der Waals surface area contributed by atoms with Crippen molar-refractivity contribution in [3.63, 3.8) is 0 Å². The number of aromatic nitrogens is 1. The van der Waals surface area contributed by atoms with Gasteiger partial charge in [-0.05, 0) is 19.1 Å². The number of carbonyl (C=O) groups excluding carboxylic acids is 1. The third-order valence-corrected chi connectivity index (χ3v) is 2.75. The van der Waals surface area contributed by atoms with E-state index in [1.807, 2.05) is 6.92 Å². The fraction of sp³-hybridized carbons (Fsp3) is 0.214. The van der Waals surface area contributed by atoms with E-state index in [1.54, 1.807) is 24.3 Å². The molecule has 0 spiro atoms. The van der Waals surface area contributed by atoms with Crippen LogP contribution in [0.5, 0.6) is 0 Å². The monoisotopic (exact) mass is 273 g/mol. The van der Waals surface area contributed by atoms with Gasteiger partial charge in [-0.1, -0.05) is 18.2 Å². The summed E-state index contributed by atoms with van der Waals surface area (Å²) in [6, 6.07) is 8.43. The number of nitrogens with zero attached hydrogens (tertiary/aromatic N) is 1. The van der Waals surface area contributed by atoms with Crippen LogP contribution in [0.25, 0.3) is 10.9 Å². The average Bonchev–Trinajstić information content (AvgIpc) is 2.44. The number of likely N-dealkylation sites (N-methyl/N-ethyl adjacent to an activating group) is 1. The van der Waals surface area contributed by atoms with Crippen LogP contribution in [-0.4, -0.2) is 35.1 Å². The second-order valence-corrected chi connectivity index (χ2v) is 4.18. The SMILES string of the molecule is CCNC(=O)CNc1cc(C(=O)O)c2ccccc2n1. The first-order valence-corrected chi connectivity index (χ1v) is 6.25. The number of rotatable bonds is 5. The molecule has 0 saturated heterocycles. The predicted molar refractivity (Wildman–Crippen MR) is 75.9 cm³/mol. The summed E-state index contributed by atoms with van der Waals surface area (Å²) >= 11 is 0. The Bertz CT molecular complexity index is 655. The smallest absolute Gasteiger partial charge is 0.336 e. The number of aromatic carboxylic acids is 1. The Balaban J connectivity index is 2.30. The quantitative estimate of drug-likeness (QED) is 0.767. The van der Waals surface area contributed by atoms with Crippen molar-refractivity contribution in [2.24, 2.45) is 0 Å². The third kappa shape index (κ3) is 3.03. The van der Waals surface area contributed by atoms with Crippen molar-refractivity contribution >= 4 is 28.6 Å². The number of hydrogen-bond acceptors (Lipinski definition) is 4. The summed E-state index contributed by atoms with van der Waals surface area (Å²) in [7, 11) is 0. The Hall–Kier alpha value is -2.63. The minimum absolute atomic E-state index is 0.0538. The summed E-state index contributed by atoms with van der Waals surface area (Å²) in [5.74, 6) is -0.823. The van der Waals surface area contributed by atoms with Gasteiger partial charge in [-0.25, -0.2) is 9.78 Å².